The molecule has 0 saturated heterocycles. The Hall–Kier alpha value is -2.33. The summed E-state index contributed by atoms with van der Waals surface area (Å²) in [6.45, 7) is 1.82. The number of phenolic OH excluding ortho intramolecular Hbond substituents is 1. The van der Waals surface area contributed by atoms with E-state index in [0.29, 0.717) is 5.56 Å². The number of carboxylic acid groups (broad SMARTS) is 1. The number of aliphatic hydroxyl groups is 1. The Kier molecular flexibility index (Phi) is 3.53. The number of hydrogen-bond donors (Lipinski definition) is 3. The van der Waals surface area contributed by atoms with E-state index in [2.05, 4.69) is 0 Å². The van der Waals surface area contributed by atoms with Gasteiger partial charge in [0.1, 0.15) is 11.9 Å². The van der Waals surface area contributed by atoms with Crippen LogP contribution in [0.3, 0.4) is 0 Å². The average molecular weight is 258 g/mol. The van der Waals surface area contributed by atoms with Gasteiger partial charge in [-0.1, -0.05) is 30.3 Å². The van der Waals surface area contributed by atoms with Crippen molar-refractivity contribution in [2.24, 2.45) is 0 Å². The second-order valence-corrected chi connectivity index (χ2v) is 4.36. The van der Waals surface area contributed by atoms with E-state index in [1.807, 2.05) is 6.92 Å². The summed E-state index contributed by atoms with van der Waals surface area (Å²) in [6, 6.07) is 11.1. The first kappa shape index (κ1) is 13.1. The number of rotatable bonds is 3. The molecular formula is C15H14O4. The number of carboxylic acids is 1. The van der Waals surface area contributed by atoms with Crippen molar-refractivity contribution >= 4 is 5.97 Å². The number of phenols is 1. The second-order valence-electron chi connectivity index (χ2n) is 4.36. The van der Waals surface area contributed by atoms with Gasteiger partial charge in [0.25, 0.3) is 0 Å². The highest BCUT2D eigenvalue weighted by molar-refractivity contribution is 5.89. The lowest BCUT2D eigenvalue weighted by atomic mass is 9.95. The van der Waals surface area contributed by atoms with Gasteiger partial charge in [-0.25, -0.2) is 4.79 Å². The summed E-state index contributed by atoms with van der Waals surface area (Å²) in [5.74, 6) is -1.16. The van der Waals surface area contributed by atoms with Gasteiger partial charge in [-0.2, -0.15) is 0 Å². The lowest BCUT2D eigenvalue weighted by molar-refractivity contribution is 0.0691. The molecule has 0 aromatic heterocycles. The van der Waals surface area contributed by atoms with Crippen molar-refractivity contribution < 1.29 is 20.1 Å². The van der Waals surface area contributed by atoms with Gasteiger partial charge in [0, 0.05) is 5.56 Å². The zero-order valence-corrected chi connectivity index (χ0v) is 10.4. The highest BCUT2D eigenvalue weighted by Crippen LogP contribution is 2.31. The van der Waals surface area contributed by atoms with E-state index < -0.39 is 12.1 Å². The van der Waals surface area contributed by atoms with E-state index in [-0.39, 0.29) is 16.9 Å². The third-order valence-corrected chi connectivity index (χ3v) is 2.97. The molecule has 19 heavy (non-hydrogen) atoms. The summed E-state index contributed by atoms with van der Waals surface area (Å²) < 4.78 is 0. The second kappa shape index (κ2) is 5.12. The molecule has 0 spiro atoms. The van der Waals surface area contributed by atoms with Crippen LogP contribution in [0, 0.1) is 6.92 Å². The fourth-order valence-electron chi connectivity index (χ4n) is 1.98. The van der Waals surface area contributed by atoms with Gasteiger partial charge in [-0.05, 0) is 30.2 Å². The van der Waals surface area contributed by atoms with E-state index in [9.17, 15) is 15.0 Å². The van der Waals surface area contributed by atoms with Gasteiger partial charge < -0.3 is 15.3 Å². The Morgan fingerprint density at radius 1 is 1.11 bits per heavy atom. The summed E-state index contributed by atoms with van der Waals surface area (Å²) in [4.78, 5) is 11.1. The van der Waals surface area contributed by atoms with Crippen LogP contribution < -0.4 is 0 Å². The van der Waals surface area contributed by atoms with Gasteiger partial charge in [-0.15, -0.1) is 0 Å². The Labute approximate surface area is 110 Å². The van der Waals surface area contributed by atoms with Crippen LogP contribution in [0.25, 0.3) is 0 Å². The number of aryl methyl sites for hydroxylation is 1. The molecule has 0 fully saturated rings. The summed E-state index contributed by atoms with van der Waals surface area (Å²) in [5.41, 5.74) is 1.43. The maximum absolute atomic E-state index is 11.1. The van der Waals surface area contributed by atoms with Gasteiger partial charge in [0.2, 0.25) is 0 Å². The van der Waals surface area contributed by atoms with Crippen molar-refractivity contribution in [3.8, 4) is 5.75 Å². The Balaban J connectivity index is 2.50. The van der Waals surface area contributed by atoms with Crippen molar-refractivity contribution in [2.45, 2.75) is 13.0 Å². The van der Waals surface area contributed by atoms with Crippen LogP contribution in [0.5, 0.6) is 5.75 Å². The zero-order chi connectivity index (χ0) is 14.0. The number of aromatic carboxylic acids is 1. The van der Waals surface area contributed by atoms with Crippen LogP contribution in [0.1, 0.15) is 33.2 Å². The van der Waals surface area contributed by atoms with Crippen LogP contribution in [-0.4, -0.2) is 21.3 Å². The lowest BCUT2D eigenvalue weighted by Crippen LogP contribution is -2.08. The zero-order valence-electron chi connectivity index (χ0n) is 10.4. The third kappa shape index (κ3) is 2.58. The molecule has 0 radical (unpaired) electrons. The maximum atomic E-state index is 11.1. The summed E-state index contributed by atoms with van der Waals surface area (Å²) in [5, 5.41) is 29.2. The Morgan fingerprint density at radius 2 is 1.79 bits per heavy atom. The molecule has 0 bridgehead atoms. The number of aliphatic hydroxyl groups excluding tert-OH is 1. The van der Waals surface area contributed by atoms with Crippen LogP contribution in [0.15, 0.2) is 42.5 Å². The SMILES string of the molecule is Cc1ccc(C(O)c2ccccc2C(=O)O)c(O)c1. The molecule has 4 heteroatoms. The molecule has 0 heterocycles. The molecule has 4 nitrogen and oxygen atoms in total. The summed E-state index contributed by atoms with van der Waals surface area (Å²) in [7, 11) is 0. The molecule has 0 amide bonds. The van der Waals surface area contributed by atoms with E-state index in [1.54, 1.807) is 24.3 Å². The molecule has 0 aliphatic rings. The summed E-state index contributed by atoms with van der Waals surface area (Å²) >= 11 is 0. The topological polar surface area (TPSA) is 77.8 Å². The minimum Gasteiger partial charge on any atom is -0.508 e. The number of hydrogen-bond acceptors (Lipinski definition) is 3. The van der Waals surface area contributed by atoms with Gasteiger partial charge in [0.15, 0.2) is 0 Å². The quantitative estimate of drug-likeness (QED) is 0.790. The highest BCUT2D eigenvalue weighted by Gasteiger charge is 2.20. The minimum absolute atomic E-state index is 0.0231. The van der Waals surface area contributed by atoms with Crippen molar-refractivity contribution in [3.05, 3.63) is 64.7 Å². The number of carbonyl (C=O) groups is 1. The van der Waals surface area contributed by atoms with Crippen LogP contribution in [0.4, 0.5) is 0 Å². The lowest BCUT2D eigenvalue weighted by Gasteiger charge is -2.15. The van der Waals surface area contributed by atoms with Crippen molar-refractivity contribution in [1.82, 2.24) is 0 Å². The molecule has 2 aromatic rings. The Morgan fingerprint density at radius 3 is 2.42 bits per heavy atom. The minimum atomic E-state index is -1.17. The van der Waals surface area contributed by atoms with Crippen molar-refractivity contribution in [2.75, 3.05) is 0 Å². The predicted molar refractivity (Wildman–Crippen MR) is 70.3 cm³/mol. The number of aromatic hydroxyl groups is 1. The first-order chi connectivity index (χ1) is 9.00. The summed E-state index contributed by atoms with van der Waals surface area (Å²) in [6.07, 6.45) is -1.17. The maximum Gasteiger partial charge on any atom is 0.336 e. The molecule has 1 unspecified atom stereocenters. The van der Waals surface area contributed by atoms with Gasteiger partial charge >= 0.3 is 5.97 Å². The molecular weight excluding hydrogens is 244 g/mol. The first-order valence-electron chi connectivity index (χ1n) is 5.80. The van der Waals surface area contributed by atoms with Gasteiger partial charge in [0.05, 0.1) is 5.56 Å². The smallest absolute Gasteiger partial charge is 0.336 e. The van der Waals surface area contributed by atoms with Crippen molar-refractivity contribution in [3.63, 3.8) is 0 Å². The number of benzene rings is 2. The van der Waals surface area contributed by atoms with Crippen LogP contribution in [0.2, 0.25) is 0 Å². The highest BCUT2D eigenvalue weighted by atomic mass is 16.4. The van der Waals surface area contributed by atoms with Gasteiger partial charge in [-0.3, -0.25) is 0 Å². The monoisotopic (exact) mass is 258 g/mol. The first-order valence-corrected chi connectivity index (χ1v) is 5.80. The molecule has 2 rings (SSSR count). The molecule has 0 aliphatic carbocycles. The standard InChI is InChI=1S/C15H14O4/c1-9-6-7-12(13(16)8-9)14(17)10-4-2-3-5-11(10)15(18)19/h2-8,14,16-17H,1H3,(H,18,19). The normalized spacial score (nSPS) is 12.1. The molecule has 1 atom stereocenters. The molecule has 0 aliphatic heterocycles. The van der Waals surface area contributed by atoms with Crippen LogP contribution >= 0.6 is 0 Å². The third-order valence-electron chi connectivity index (χ3n) is 2.97. The molecule has 0 saturated carbocycles. The molecule has 98 valence electrons. The fraction of sp³-hybridized carbons (Fsp3) is 0.133. The van der Waals surface area contributed by atoms with Crippen LogP contribution in [-0.2, 0) is 0 Å². The fourth-order valence-corrected chi connectivity index (χ4v) is 1.98. The van der Waals surface area contributed by atoms with E-state index in [0.717, 1.165) is 5.56 Å². The van der Waals surface area contributed by atoms with E-state index >= 15 is 0 Å². The van der Waals surface area contributed by atoms with E-state index in [4.69, 9.17) is 5.11 Å². The average Bonchev–Trinajstić information content (AvgIpc) is 2.38. The largest absolute Gasteiger partial charge is 0.508 e. The molecule has 2 aromatic carbocycles. The molecule has 3 N–H and O–H groups in total. The predicted octanol–water partition coefficient (Wildman–Crippen LogP) is 2.48. The van der Waals surface area contributed by atoms with Crippen molar-refractivity contribution in [1.29, 1.82) is 0 Å². The van der Waals surface area contributed by atoms with E-state index in [1.165, 1.54) is 18.2 Å². The Bertz CT molecular complexity index is 619.